The largest absolute Gasteiger partial charge is 0.405 e. The maximum Gasteiger partial charge on any atom is 0.405 e. The molecule has 7 nitrogen and oxygen atoms in total. The lowest BCUT2D eigenvalue weighted by atomic mass is 10.2. The Morgan fingerprint density at radius 2 is 1.77 bits per heavy atom. The van der Waals surface area contributed by atoms with E-state index in [1.807, 2.05) is 0 Å². The highest BCUT2D eigenvalue weighted by molar-refractivity contribution is 7.89. The van der Waals surface area contributed by atoms with Gasteiger partial charge in [-0.05, 0) is 24.3 Å². The average Bonchev–Trinajstić information content (AvgIpc) is 2.60. The molecule has 1 fully saturated rings. The zero-order chi connectivity index (χ0) is 19.2. The van der Waals surface area contributed by atoms with E-state index >= 15 is 0 Å². The molecule has 0 aromatic heterocycles. The zero-order valence-electron chi connectivity index (χ0n) is 13.9. The predicted octanol–water partition coefficient (Wildman–Crippen LogP) is 0.589. The first kappa shape index (κ1) is 20.6. The molecule has 0 radical (unpaired) electrons. The normalized spacial score (nSPS) is 16.4. The van der Waals surface area contributed by atoms with Crippen molar-refractivity contribution in [1.82, 2.24) is 14.9 Å². The van der Waals surface area contributed by atoms with Crippen molar-refractivity contribution in [1.29, 1.82) is 0 Å². The lowest BCUT2D eigenvalue weighted by molar-refractivity contribution is -0.123. The molecule has 1 saturated heterocycles. The van der Waals surface area contributed by atoms with Crippen molar-refractivity contribution in [2.24, 2.45) is 0 Å². The Morgan fingerprint density at radius 1 is 1.15 bits per heavy atom. The van der Waals surface area contributed by atoms with E-state index in [1.165, 1.54) is 24.3 Å². The maximum atomic E-state index is 12.2. The molecule has 1 aromatic rings. The number of sulfonamides is 1. The Bertz CT molecular complexity index is 702. The van der Waals surface area contributed by atoms with Gasteiger partial charge < -0.3 is 10.1 Å². The summed E-state index contributed by atoms with van der Waals surface area (Å²) in [5, 5.41) is 1.72. The van der Waals surface area contributed by atoms with E-state index in [4.69, 9.17) is 4.74 Å². The molecule has 0 atom stereocenters. The highest BCUT2D eigenvalue weighted by atomic mass is 32.2. The number of hydrogen-bond donors (Lipinski definition) is 2. The topological polar surface area (TPSA) is 87.7 Å². The summed E-state index contributed by atoms with van der Waals surface area (Å²) in [6, 6.07) is 4.70. The van der Waals surface area contributed by atoms with Crippen LogP contribution in [0.4, 0.5) is 13.2 Å². The monoisotopic (exact) mass is 395 g/mol. The van der Waals surface area contributed by atoms with Crippen LogP contribution in [-0.4, -0.2) is 71.3 Å². The summed E-state index contributed by atoms with van der Waals surface area (Å²) in [5.74, 6) is -0.924. The van der Waals surface area contributed by atoms with Gasteiger partial charge in [-0.25, -0.2) is 13.1 Å². The van der Waals surface area contributed by atoms with Crippen LogP contribution in [-0.2, 0) is 14.8 Å². The van der Waals surface area contributed by atoms with E-state index in [0.29, 0.717) is 19.8 Å². The minimum Gasteiger partial charge on any atom is -0.379 e. The van der Waals surface area contributed by atoms with E-state index in [0.717, 1.165) is 13.1 Å². The van der Waals surface area contributed by atoms with E-state index in [2.05, 4.69) is 9.62 Å². The molecule has 0 saturated carbocycles. The van der Waals surface area contributed by atoms with Crippen molar-refractivity contribution < 1.29 is 31.1 Å². The summed E-state index contributed by atoms with van der Waals surface area (Å²) in [5.41, 5.74) is -0.0542. The Labute approximate surface area is 149 Å². The minimum atomic E-state index is -4.51. The number of ether oxygens (including phenoxy) is 1. The van der Waals surface area contributed by atoms with Crippen LogP contribution in [0.1, 0.15) is 10.4 Å². The summed E-state index contributed by atoms with van der Waals surface area (Å²) >= 11 is 0. The number of halogens is 3. The van der Waals surface area contributed by atoms with Gasteiger partial charge in [0, 0.05) is 31.7 Å². The summed E-state index contributed by atoms with van der Waals surface area (Å²) in [7, 11) is -3.76. The van der Waals surface area contributed by atoms with Gasteiger partial charge in [0.15, 0.2) is 0 Å². The molecule has 1 amide bonds. The fourth-order valence-corrected chi connectivity index (χ4v) is 3.34. The third kappa shape index (κ3) is 6.56. The molecule has 1 aliphatic rings. The Kier molecular flexibility index (Phi) is 6.98. The van der Waals surface area contributed by atoms with Gasteiger partial charge in [-0.1, -0.05) is 0 Å². The van der Waals surface area contributed by atoms with E-state index in [1.54, 1.807) is 5.32 Å². The van der Waals surface area contributed by atoms with Gasteiger partial charge in [0.2, 0.25) is 10.0 Å². The molecule has 0 spiro atoms. The number of benzene rings is 1. The van der Waals surface area contributed by atoms with Crippen molar-refractivity contribution in [2.75, 3.05) is 45.9 Å². The van der Waals surface area contributed by atoms with E-state index in [9.17, 15) is 26.4 Å². The second kappa shape index (κ2) is 8.80. The van der Waals surface area contributed by atoms with Gasteiger partial charge in [-0.2, -0.15) is 13.2 Å². The Morgan fingerprint density at radius 3 is 2.35 bits per heavy atom. The van der Waals surface area contributed by atoms with Gasteiger partial charge in [0.1, 0.15) is 6.54 Å². The highest BCUT2D eigenvalue weighted by Crippen LogP contribution is 2.14. The molecule has 11 heteroatoms. The predicted molar refractivity (Wildman–Crippen MR) is 87.3 cm³/mol. The van der Waals surface area contributed by atoms with Crippen LogP contribution in [0, 0.1) is 0 Å². The number of morpholine rings is 1. The molecule has 0 aliphatic carbocycles. The molecule has 26 heavy (non-hydrogen) atoms. The number of alkyl halides is 3. The van der Waals surface area contributed by atoms with Crippen molar-refractivity contribution in [2.45, 2.75) is 11.1 Å². The zero-order valence-corrected chi connectivity index (χ0v) is 14.7. The first-order valence-electron chi connectivity index (χ1n) is 7.92. The molecule has 1 heterocycles. The van der Waals surface area contributed by atoms with Crippen molar-refractivity contribution in [3.63, 3.8) is 0 Å². The smallest absolute Gasteiger partial charge is 0.379 e. The maximum absolute atomic E-state index is 12.2. The highest BCUT2D eigenvalue weighted by Gasteiger charge is 2.28. The van der Waals surface area contributed by atoms with Crippen LogP contribution in [0.15, 0.2) is 29.2 Å². The molecular formula is C15H20F3N3O4S. The van der Waals surface area contributed by atoms with Gasteiger partial charge in [-0.15, -0.1) is 0 Å². The number of rotatable bonds is 7. The molecule has 1 aromatic carbocycles. The second-order valence-corrected chi connectivity index (χ2v) is 7.44. The van der Waals surface area contributed by atoms with Gasteiger partial charge in [0.25, 0.3) is 5.91 Å². The van der Waals surface area contributed by atoms with Gasteiger partial charge >= 0.3 is 6.18 Å². The Hall–Kier alpha value is -1.69. The van der Waals surface area contributed by atoms with Crippen LogP contribution >= 0.6 is 0 Å². The molecule has 0 bridgehead atoms. The fourth-order valence-electron chi connectivity index (χ4n) is 2.31. The Balaban J connectivity index is 1.88. The van der Waals surface area contributed by atoms with Gasteiger partial charge in [-0.3, -0.25) is 9.69 Å². The van der Waals surface area contributed by atoms with E-state index in [-0.39, 0.29) is 17.0 Å². The number of carbonyl (C=O) groups excluding carboxylic acids is 1. The third-order valence-corrected chi connectivity index (χ3v) is 5.18. The lowest BCUT2D eigenvalue weighted by Gasteiger charge is -2.26. The van der Waals surface area contributed by atoms with Crippen LogP contribution < -0.4 is 10.0 Å². The van der Waals surface area contributed by atoms with Crippen LogP contribution in [0.3, 0.4) is 0 Å². The van der Waals surface area contributed by atoms with Crippen LogP contribution in [0.2, 0.25) is 0 Å². The van der Waals surface area contributed by atoms with Gasteiger partial charge in [0.05, 0.1) is 18.1 Å². The fraction of sp³-hybridized carbons (Fsp3) is 0.533. The lowest BCUT2D eigenvalue weighted by Crippen LogP contribution is -2.41. The SMILES string of the molecule is O=C(NCC(F)(F)F)c1ccc(S(=O)(=O)NCCN2CCOCC2)cc1. The quantitative estimate of drug-likeness (QED) is 0.706. The van der Waals surface area contributed by atoms with Crippen LogP contribution in [0.5, 0.6) is 0 Å². The molecule has 1 aliphatic heterocycles. The molecule has 0 unspecified atom stereocenters. The second-order valence-electron chi connectivity index (χ2n) is 5.67. The summed E-state index contributed by atoms with van der Waals surface area (Å²) in [6.07, 6.45) is -4.51. The minimum absolute atomic E-state index is 0.0542. The number of hydrogen-bond acceptors (Lipinski definition) is 5. The number of nitrogens with zero attached hydrogens (tertiary/aromatic N) is 1. The van der Waals surface area contributed by atoms with Crippen molar-refractivity contribution in [3.05, 3.63) is 29.8 Å². The molecule has 2 N–H and O–H groups in total. The number of amides is 1. The molecule has 146 valence electrons. The van der Waals surface area contributed by atoms with Crippen LogP contribution in [0.25, 0.3) is 0 Å². The summed E-state index contributed by atoms with van der Waals surface area (Å²) in [4.78, 5) is 13.6. The van der Waals surface area contributed by atoms with E-state index < -0.39 is 28.7 Å². The van der Waals surface area contributed by atoms with Crippen molar-refractivity contribution >= 4 is 15.9 Å². The standard InChI is InChI=1S/C15H20F3N3O4S/c16-15(17,18)11-19-14(22)12-1-3-13(4-2-12)26(23,24)20-5-6-21-7-9-25-10-8-21/h1-4,20H,5-11H2,(H,19,22). The summed E-state index contributed by atoms with van der Waals surface area (Å²) < 4.78 is 68.4. The first-order valence-corrected chi connectivity index (χ1v) is 9.40. The number of nitrogens with one attached hydrogen (secondary N) is 2. The molecule has 2 rings (SSSR count). The first-order chi connectivity index (χ1) is 12.2. The molecular weight excluding hydrogens is 375 g/mol. The third-order valence-electron chi connectivity index (χ3n) is 3.70. The number of carbonyl (C=O) groups is 1. The average molecular weight is 395 g/mol. The summed E-state index contributed by atoms with van der Waals surface area (Å²) in [6.45, 7) is 2.02. The van der Waals surface area contributed by atoms with Crippen molar-refractivity contribution in [3.8, 4) is 0 Å².